The van der Waals surface area contributed by atoms with Crippen LogP contribution in [0.3, 0.4) is 0 Å². The Balaban J connectivity index is 1.43. The number of carbonyl (C=O) groups excluding carboxylic acids is 1. The molecule has 0 spiro atoms. The second kappa shape index (κ2) is 8.15. The van der Waals surface area contributed by atoms with E-state index in [1.165, 1.54) is 11.5 Å². The number of nitrogens with zero attached hydrogens (tertiary/aromatic N) is 4. The minimum absolute atomic E-state index is 0.0743. The molecule has 1 aromatic carbocycles. The molecule has 5 nitrogen and oxygen atoms in total. The van der Waals surface area contributed by atoms with Crippen LogP contribution in [0.4, 0.5) is 5.13 Å². The number of likely N-dealkylation sites (tertiary alicyclic amines) is 1. The van der Waals surface area contributed by atoms with Gasteiger partial charge in [-0.3, -0.25) is 4.79 Å². The smallest absolute Gasteiger partial charge is 0.245 e. The van der Waals surface area contributed by atoms with Crippen LogP contribution in [0.5, 0.6) is 0 Å². The molecule has 0 N–H and O–H groups in total. The van der Waals surface area contributed by atoms with Crippen molar-refractivity contribution in [2.75, 3.05) is 24.5 Å². The van der Waals surface area contributed by atoms with Gasteiger partial charge in [-0.2, -0.15) is 4.37 Å². The Kier molecular flexibility index (Phi) is 5.64. The molecule has 0 bridgehead atoms. The number of rotatable bonds is 4. The predicted molar refractivity (Wildman–Crippen MR) is 110 cm³/mol. The van der Waals surface area contributed by atoms with Crippen LogP contribution in [-0.2, 0) is 11.2 Å². The molecule has 27 heavy (non-hydrogen) atoms. The quantitative estimate of drug-likeness (QED) is 0.772. The number of aromatic nitrogens is 2. The van der Waals surface area contributed by atoms with Crippen LogP contribution in [0.1, 0.15) is 44.0 Å². The summed E-state index contributed by atoms with van der Waals surface area (Å²) in [6, 6.07) is 7.71. The average Bonchev–Trinajstić information content (AvgIpc) is 3.33. The van der Waals surface area contributed by atoms with Crippen molar-refractivity contribution < 1.29 is 4.79 Å². The van der Waals surface area contributed by atoms with Crippen LogP contribution < -0.4 is 4.90 Å². The third-order valence-electron chi connectivity index (χ3n) is 5.61. The first-order valence-corrected chi connectivity index (χ1v) is 10.9. The van der Waals surface area contributed by atoms with E-state index in [1.807, 2.05) is 24.3 Å². The Labute approximate surface area is 169 Å². The van der Waals surface area contributed by atoms with Gasteiger partial charge in [-0.15, -0.1) is 0 Å². The fourth-order valence-corrected chi connectivity index (χ4v) is 4.80. The van der Waals surface area contributed by atoms with E-state index in [9.17, 15) is 4.79 Å². The normalized spacial score (nSPS) is 21.0. The summed E-state index contributed by atoms with van der Waals surface area (Å²) < 4.78 is 4.53. The lowest BCUT2D eigenvalue weighted by Crippen LogP contribution is -2.48. The van der Waals surface area contributed by atoms with Gasteiger partial charge in [0.2, 0.25) is 11.0 Å². The summed E-state index contributed by atoms with van der Waals surface area (Å²) in [7, 11) is 0. The lowest BCUT2D eigenvalue weighted by atomic mass is 9.98. The largest absolute Gasteiger partial charge is 0.341 e. The fourth-order valence-electron chi connectivity index (χ4n) is 3.91. The number of carbonyl (C=O) groups is 1. The SMILES string of the molecule is CC1CCN(C(=O)C2CCCN2c2nc(Cc3ccc(Cl)cc3)ns2)CC1. The van der Waals surface area contributed by atoms with E-state index in [4.69, 9.17) is 16.6 Å². The maximum Gasteiger partial charge on any atom is 0.245 e. The molecule has 2 fully saturated rings. The van der Waals surface area contributed by atoms with Gasteiger partial charge in [0.25, 0.3) is 0 Å². The topological polar surface area (TPSA) is 49.3 Å². The van der Waals surface area contributed by atoms with Gasteiger partial charge in [0.05, 0.1) is 0 Å². The van der Waals surface area contributed by atoms with Crippen LogP contribution in [0.2, 0.25) is 5.02 Å². The van der Waals surface area contributed by atoms with Crippen molar-refractivity contribution in [2.45, 2.75) is 45.1 Å². The van der Waals surface area contributed by atoms with E-state index in [0.717, 1.165) is 72.8 Å². The van der Waals surface area contributed by atoms with Gasteiger partial charge in [0, 0.05) is 42.6 Å². The first-order chi connectivity index (χ1) is 13.1. The second-order valence-corrected chi connectivity index (χ2v) is 8.82. The van der Waals surface area contributed by atoms with Crippen LogP contribution in [0, 0.1) is 5.92 Å². The van der Waals surface area contributed by atoms with Crippen molar-refractivity contribution in [3.63, 3.8) is 0 Å². The van der Waals surface area contributed by atoms with E-state index in [-0.39, 0.29) is 11.9 Å². The van der Waals surface area contributed by atoms with E-state index in [0.29, 0.717) is 6.42 Å². The summed E-state index contributed by atoms with van der Waals surface area (Å²) in [6.07, 6.45) is 4.86. The lowest BCUT2D eigenvalue weighted by Gasteiger charge is -2.34. The van der Waals surface area contributed by atoms with E-state index in [2.05, 4.69) is 21.1 Å². The van der Waals surface area contributed by atoms with Gasteiger partial charge in [-0.05, 0) is 49.3 Å². The van der Waals surface area contributed by atoms with Gasteiger partial charge < -0.3 is 9.80 Å². The highest BCUT2D eigenvalue weighted by molar-refractivity contribution is 7.09. The van der Waals surface area contributed by atoms with Gasteiger partial charge >= 0.3 is 0 Å². The van der Waals surface area contributed by atoms with Crippen molar-refractivity contribution in [1.82, 2.24) is 14.3 Å². The summed E-state index contributed by atoms with van der Waals surface area (Å²) in [4.78, 5) is 22.0. The molecule has 0 radical (unpaired) electrons. The third kappa shape index (κ3) is 4.27. The molecule has 0 aliphatic carbocycles. The molecular weight excluding hydrogens is 380 g/mol. The summed E-state index contributed by atoms with van der Waals surface area (Å²) in [5, 5.41) is 1.61. The number of hydrogen-bond acceptors (Lipinski definition) is 5. The van der Waals surface area contributed by atoms with Crippen molar-refractivity contribution in [1.29, 1.82) is 0 Å². The monoisotopic (exact) mass is 404 g/mol. The zero-order chi connectivity index (χ0) is 18.8. The van der Waals surface area contributed by atoms with Gasteiger partial charge in [0.15, 0.2) is 0 Å². The molecule has 1 unspecified atom stereocenters. The summed E-state index contributed by atoms with van der Waals surface area (Å²) in [5.74, 6) is 1.81. The molecule has 1 amide bonds. The standard InChI is InChI=1S/C20H25ClN4OS/c1-14-8-11-24(12-9-14)19(26)17-3-2-10-25(17)20-22-18(23-27-20)13-15-4-6-16(21)7-5-15/h4-7,14,17H,2-3,8-13H2,1H3. The molecule has 1 aromatic heterocycles. The molecular formula is C20H25ClN4OS. The first kappa shape index (κ1) is 18.7. The van der Waals surface area contributed by atoms with Crippen LogP contribution in [0.15, 0.2) is 24.3 Å². The van der Waals surface area contributed by atoms with Crippen LogP contribution in [-0.4, -0.2) is 45.8 Å². The summed E-state index contributed by atoms with van der Waals surface area (Å²) in [6.45, 7) is 4.94. The van der Waals surface area contributed by atoms with Gasteiger partial charge in [-0.25, -0.2) is 4.98 Å². The van der Waals surface area contributed by atoms with Crippen LogP contribution >= 0.6 is 23.1 Å². The predicted octanol–water partition coefficient (Wildman–Crippen LogP) is 4.01. The maximum atomic E-state index is 13.0. The number of halogens is 1. The molecule has 144 valence electrons. The Morgan fingerprint density at radius 1 is 1.19 bits per heavy atom. The van der Waals surface area contributed by atoms with Crippen molar-refractivity contribution in [3.8, 4) is 0 Å². The maximum absolute atomic E-state index is 13.0. The number of amides is 1. The molecule has 7 heteroatoms. The molecule has 3 heterocycles. The zero-order valence-electron chi connectivity index (χ0n) is 15.6. The molecule has 2 aliphatic heterocycles. The van der Waals surface area contributed by atoms with E-state index in [1.54, 1.807) is 0 Å². The molecule has 2 aliphatic rings. The van der Waals surface area contributed by atoms with Gasteiger partial charge in [0.1, 0.15) is 11.9 Å². The fraction of sp³-hybridized carbons (Fsp3) is 0.550. The second-order valence-electron chi connectivity index (χ2n) is 7.66. The summed E-state index contributed by atoms with van der Waals surface area (Å²) >= 11 is 7.36. The Bertz CT molecular complexity index is 786. The summed E-state index contributed by atoms with van der Waals surface area (Å²) in [5.41, 5.74) is 1.14. The Morgan fingerprint density at radius 3 is 2.67 bits per heavy atom. The minimum Gasteiger partial charge on any atom is -0.341 e. The molecule has 4 rings (SSSR count). The zero-order valence-corrected chi connectivity index (χ0v) is 17.2. The number of hydrogen-bond donors (Lipinski definition) is 0. The third-order valence-corrected chi connectivity index (χ3v) is 6.65. The lowest BCUT2D eigenvalue weighted by molar-refractivity contribution is -0.133. The minimum atomic E-state index is -0.0743. The van der Waals surface area contributed by atoms with Gasteiger partial charge in [-0.1, -0.05) is 30.7 Å². The van der Waals surface area contributed by atoms with Crippen molar-refractivity contribution in [2.24, 2.45) is 5.92 Å². The highest BCUT2D eigenvalue weighted by Crippen LogP contribution is 2.29. The van der Waals surface area contributed by atoms with E-state index < -0.39 is 0 Å². The average molecular weight is 405 g/mol. The first-order valence-electron chi connectivity index (χ1n) is 9.72. The molecule has 0 saturated carbocycles. The highest BCUT2D eigenvalue weighted by Gasteiger charge is 2.36. The number of piperidine rings is 1. The van der Waals surface area contributed by atoms with Crippen molar-refractivity contribution in [3.05, 3.63) is 40.7 Å². The Morgan fingerprint density at radius 2 is 1.93 bits per heavy atom. The number of benzene rings is 1. The van der Waals surface area contributed by atoms with E-state index >= 15 is 0 Å². The van der Waals surface area contributed by atoms with Crippen LogP contribution in [0.25, 0.3) is 0 Å². The number of anilines is 1. The molecule has 2 aromatic rings. The Hall–Kier alpha value is -1.66. The highest BCUT2D eigenvalue weighted by atomic mass is 35.5. The molecule has 2 saturated heterocycles. The van der Waals surface area contributed by atoms with Crippen molar-refractivity contribution >= 4 is 34.2 Å². The molecule has 1 atom stereocenters.